The van der Waals surface area contributed by atoms with E-state index >= 15 is 0 Å². The summed E-state index contributed by atoms with van der Waals surface area (Å²) in [6.45, 7) is 1.51. The molecule has 1 amide bonds. The topological polar surface area (TPSA) is 113 Å². The van der Waals surface area contributed by atoms with E-state index < -0.39 is 19.9 Å². The highest BCUT2D eigenvalue weighted by Crippen LogP contribution is 2.18. The first-order chi connectivity index (χ1) is 13.1. The van der Waals surface area contributed by atoms with Gasteiger partial charge in [-0.05, 0) is 42.5 Å². The van der Waals surface area contributed by atoms with Gasteiger partial charge in [0.1, 0.15) is 0 Å². The van der Waals surface area contributed by atoms with Crippen LogP contribution in [0.2, 0.25) is 0 Å². The van der Waals surface area contributed by atoms with Gasteiger partial charge in [-0.3, -0.25) is 4.79 Å². The SMILES string of the molecule is CCS(=O)(=O)c1ccc(NCC(=O)Nc2cccc(S(=O)(=O)N(C)C)c2)cc1. The number of sulfonamides is 1. The van der Waals surface area contributed by atoms with E-state index in [-0.39, 0.29) is 28.0 Å². The molecular weight excluding hydrogens is 402 g/mol. The molecule has 2 aromatic carbocycles. The average molecular weight is 426 g/mol. The van der Waals surface area contributed by atoms with E-state index in [0.29, 0.717) is 11.4 Å². The van der Waals surface area contributed by atoms with Gasteiger partial charge in [-0.2, -0.15) is 0 Å². The second-order valence-corrected chi connectivity index (χ2v) is 10.6. The molecule has 28 heavy (non-hydrogen) atoms. The highest BCUT2D eigenvalue weighted by Gasteiger charge is 2.17. The van der Waals surface area contributed by atoms with Crippen molar-refractivity contribution in [1.82, 2.24) is 4.31 Å². The molecule has 0 atom stereocenters. The fraction of sp³-hybridized carbons (Fsp3) is 0.278. The van der Waals surface area contributed by atoms with E-state index in [9.17, 15) is 21.6 Å². The predicted molar refractivity (Wildman–Crippen MR) is 109 cm³/mol. The van der Waals surface area contributed by atoms with E-state index in [1.54, 1.807) is 31.2 Å². The Morgan fingerprint density at radius 3 is 2.14 bits per heavy atom. The van der Waals surface area contributed by atoms with Crippen LogP contribution in [0.5, 0.6) is 0 Å². The number of hydrogen-bond acceptors (Lipinski definition) is 6. The molecule has 0 aliphatic carbocycles. The molecule has 10 heteroatoms. The van der Waals surface area contributed by atoms with Crippen LogP contribution < -0.4 is 10.6 Å². The van der Waals surface area contributed by atoms with Crippen LogP contribution in [0.1, 0.15) is 6.92 Å². The highest BCUT2D eigenvalue weighted by atomic mass is 32.2. The van der Waals surface area contributed by atoms with Crippen molar-refractivity contribution < 1.29 is 21.6 Å². The number of carbonyl (C=O) groups excluding carboxylic acids is 1. The van der Waals surface area contributed by atoms with Crippen molar-refractivity contribution in [3.05, 3.63) is 48.5 Å². The monoisotopic (exact) mass is 425 g/mol. The van der Waals surface area contributed by atoms with Crippen LogP contribution in [0, 0.1) is 0 Å². The van der Waals surface area contributed by atoms with Crippen LogP contribution in [0.25, 0.3) is 0 Å². The number of hydrogen-bond donors (Lipinski definition) is 2. The molecule has 2 N–H and O–H groups in total. The summed E-state index contributed by atoms with van der Waals surface area (Å²) >= 11 is 0. The third kappa shape index (κ3) is 5.31. The second-order valence-electron chi connectivity index (χ2n) is 6.14. The maximum absolute atomic E-state index is 12.2. The van der Waals surface area contributed by atoms with Gasteiger partial charge in [0, 0.05) is 25.5 Å². The summed E-state index contributed by atoms with van der Waals surface area (Å²) in [6.07, 6.45) is 0. The molecule has 0 spiro atoms. The zero-order valence-electron chi connectivity index (χ0n) is 15.8. The van der Waals surface area contributed by atoms with Crippen LogP contribution >= 0.6 is 0 Å². The molecule has 0 unspecified atom stereocenters. The standard InChI is InChI=1S/C18H23N3O5S2/c1-4-27(23,24)16-10-8-14(9-11-16)19-13-18(22)20-15-6-5-7-17(12-15)28(25,26)21(2)3/h5-12,19H,4,13H2,1-3H3,(H,20,22). The van der Waals surface area contributed by atoms with Crippen LogP contribution in [0.3, 0.4) is 0 Å². The van der Waals surface area contributed by atoms with Crippen molar-refractivity contribution in [3.63, 3.8) is 0 Å². The fourth-order valence-electron chi connectivity index (χ4n) is 2.28. The van der Waals surface area contributed by atoms with Crippen LogP contribution in [-0.2, 0) is 24.7 Å². The Kier molecular flexibility index (Phi) is 6.81. The van der Waals surface area contributed by atoms with Gasteiger partial charge < -0.3 is 10.6 Å². The lowest BCUT2D eigenvalue weighted by molar-refractivity contribution is -0.114. The molecule has 0 heterocycles. The zero-order valence-corrected chi connectivity index (χ0v) is 17.5. The maximum atomic E-state index is 12.2. The Hall–Kier alpha value is -2.43. The minimum atomic E-state index is -3.59. The first kappa shape index (κ1) is 21.9. The zero-order chi connectivity index (χ0) is 20.9. The fourth-order valence-corrected chi connectivity index (χ4v) is 4.11. The van der Waals surface area contributed by atoms with E-state index in [2.05, 4.69) is 10.6 Å². The Morgan fingerprint density at radius 2 is 1.57 bits per heavy atom. The smallest absolute Gasteiger partial charge is 0.243 e. The van der Waals surface area contributed by atoms with Gasteiger partial charge in [-0.25, -0.2) is 21.1 Å². The molecule has 8 nitrogen and oxygen atoms in total. The normalized spacial score (nSPS) is 12.0. The lowest BCUT2D eigenvalue weighted by Gasteiger charge is -2.13. The Labute approximate surface area is 165 Å². The summed E-state index contributed by atoms with van der Waals surface area (Å²) < 4.78 is 49.0. The first-order valence-electron chi connectivity index (χ1n) is 8.45. The van der Waals surface area contributed by atoms with Crippen molar-refractivity contribution in [2.24, 2.45) is 0 Å². The largest absolute Gasteiger partial charge is 0.376 e. The van der Waals surface area contributed by atoms with Crippen LogP contribution in [0.4, 0.5) is 11.4 Å². The molecule has 0 aromatic heterocycles. The number of nitrogens with zero attached hydrogens (tertiary/aromatic N) is 1. The lowest BCUT2D eigenvalue weighted by atomic mass is 10.3. The average Bonchev–Trinajstić information content (AvgIpc) is 2.66. The number of sulfone groups is 1. The third-order valence-corrected chi connectivity index (χ3v) is 7.50. The highest BCUT2D eigenvalue weighted by molar-refractivity contribution is 7.91. The molecule has 0 saturated carbocycles. The minimum absolute atomic E-state index is 0.0186. The van der Waals surface area contributed by atoms with Gasteiger partial charge in [0.05, 0.1) is 22.1 Å². The minimum Gasteiger partial charge on any atom is -0.376 e. The van der Waals surface area contributed by atoms with E-state index in [1.807, 2.05) is 0 Å². The van der Waals surface area contributed by atoms with E-state index in [4.69, 9.17) is 0 Å². The summed E-state index contributed by atoms with van der Waals surface area (Å²) in [7, 11) is -4.00. The van der Waals surface area contributed by atoms with Crippen molar-refractivity contribution in [1.29, 1.82) is 0 Å². The van der Waals surface area contributed by atoms with Crippen molar-refractivity contribution >= 4 is 37.1 Å². The molecule has 2 aromatic rings. The van der Waals surface area contributed by atoms with Crippen molar-refractivity contribution in [2.75, 3.05) is 37.0 Å². The summed E-state index contributed by atoms with van der Waals surface area (Å²) in [5.74, 6) is -0.352. The van der Waals surface area contributed by atoms with Crippen molar-refractivity contribution in [2.45, 2.75) is 16.7 Å². The predicted octanol–water partition coefficient (Wildman–Crippen LogP) is 1.78. The van der Waals surface area contributed by atoms with Gasteiger partial charge in [-0.15, -0.1) is 0 Å². The Bertz CT molecular complexity index is 1050. The van der Waals surface area contributed by atoms with Gasteiger partial charge in [0.15, 0.2) is 9.84 Å². The van der Waals surface area contributed by atoms with Crippen LogP contribution in [0.15, 0.2) is 58.3 Å². The molecule has 0 aliphatic rings. The molecule has 0 fully saturated rings. The summed E-state index contributed by atoms with van der Waals surface area (Å²) in [5.41, 5.74) is 0.952. The number of rotatable bonds is 8. The summed E-state index contributed by atoms with van der Waals surface area (Å²) in [5, 5.41) is 5.52. The van der Waals surface area contributed by atoms with Crippen LogP contribution in [-0.4, -0.2) is 53.4 Å². The van der Waals surface area contributed by atoms with Gasteiger partial charge in [0.2, 0.25) is 15.9 Å². The number of amides is 1. The summed E-state index contributed by atoms with van der Waals surface area (Å²) in [4.78, 5) is 12.4. The van der Waals surface area contributed by atoms with Crippen molar-refractivity contribution in [3.8, 4) is 0 Å². The van der Waals surface area contributed by atoms with Gasteiger partial charge in [0.25, 0.3) is 0 Å². The van der Waals surface area contributed by atoms with Gasteiger partial charge >= 0.3 is 0 Å². The number of benzene rings is 2. The summed E-state index contributed by atoms with van der Waals surface area (Å²) in [6, 6.07) is 12.1. The maximum Gasteiger partial charge on any atom is 0.243 e. The Morgan fingerprint density at radius 1 is 0.929 bits per heavy atom. The molecule has 0 aliphatic heterocycles. The number of nitrogens with one attached hydrogen (secondary N) is 2. The lowest BCUT2D eigenvalue weighted by Crippen LogP contribution is -2.23. The Balaban J connectivity index is 2.00. The number of carbonyl (C=O) groups is 1. The second kappa shape index (κ2) is 8.72. The first-order valence-corrected chi connectivity index (χ1v) is 11.5. The quantitative estimate of drug-likeness (QED) is 0.667. The van der Waals surface area contributed by atoms with E-state index in [1.165, 1.54) is 38.4 Å². The molecule has 0 radical (unpaired) electrons. The number of anilines is 2. The third-order valence-electron chi connectivity index (χ3n) is 3.94. The molecule has 152 valence electrons. The van der Waals surface area contributed by atoms with E-state index in [0.717, 1.165) is 4.31 Å². The molecule has 0 bridgehead atoms. The molecule has 2 rings (SSSR count). The van der Waals surface area contributed by atoms with Gasteiger partial charge in [-0.1, -0.05) is 13.0 Å². The molecule has 0 saturated heterocycles. The molecular formula is C18H23N3O5S2.